The quantitative estimate of drug-likeness (QED) is 0.679. The zero-order valence-electron chi connectivity index (χ0n) is 15.6. The van der Waals surface area contributed by atoms with E-state index in [0.717, 1.165) is 10.8 Å². The zero-order chi connectivity index (χ0) is 19.8. The molecule has 1 fully saturated rings. The number of anilines is 1. The standard InChI is InChI=1S/C19H24ClN3O4/c1-19(2,3)27-18(26)21-12-8-14(25)10-23(9-12)17-15-5-4-13(24)6-11(15)7-16(20)22-17/h4-7,12,14,24-25H,8-10H2,1-3H3,(H,21,26)/t12-,14+/m0/s1. The molecule has 1 aromatic heterocycles. The summed E-state index contributed by atoms with van der Waals surface area (Å²) in [5, 5.41) is 24.7. The van der Waals surface area contributed by atoms with Crippen LogP contribution < -0.4 is 10.2 Å². The number of carbonyl (C=O) groups excluding carboxylic acids is 1. The van der Waals surface area contributed by atoms with Crippen LogP contribution in [-0.2, 0) is 4.74 Å². The van der Waals surface area contributed by atoms with Crippen LogP contribution in [-0.4, -0.2) is 52.1 Å². The molecule has 1 aromatic carbocycles. The molecule has 0 saturated carbocycles. The molecule has 1 aliphatic heterocycles. The van der Waals surface area contributed by atoms with E-state index in [4.69, 9.17) is 16.3 Å². The smallest absolute Gasteiger partial charge is 0.407 e. The minimum absolute atomic E-state index is 0.138. The first-order valence-corrected chi connectivity index (χ1v) is 9.20. The second-order valence-electron chi connectivity index (χ2n) is 7.81. The first-order chi connectivity index (χ1) is 12.6. The Labute approximate surface area is 162 Å². The molecule has 2 aromatic rings. The van der Waals surface area contributed by atoms with Crippen LogP contribution in [0.2, 0.25) is 5.15 Å². The maximum Gasteiger partial charge on any atom is 0.407 e. The Morgan fingerprint density at radius 1 is 1.33 bits per heavy atom. The molecular weight excluding hydrogens is 370 g/mol. The Balaban J connectivity index is 1.84. The highest BCUT2D eigenvalue weighted by atomic mass is 35.5. The number of aromatic hydroxyl groups is 1. The molecule has 2 atom stereocenters. The fourth-order valence-electron chi connectivity index (χ4n) is 3.26. The molecule has 0 unspecified atom stereocenters. The largest absolute Gasteiger partial charge is 0.508 e. The van der Waals surface area contributed by atoms with E-state index < -0.39 is 17.8 Å². The van der Waals surface area contributed by atoms with Gasteiger partial charge in [-0.05, 0) is 56.8 Å². The fourth-order valence-corrected chi connectivity index (χ4v) is 3.46. The predicted molar refractivity (Wildman–Crippen MR) is 104 cm³/mol. The van der Waals surface area contributed by atoms with Crippen molar-refractivity contribution in [1.82, 2.24) is 10.3 Å². The number of aliphatic hydroxyl groups is 1. The number of piperidine rings is 1. The minimum atomic E-state index is -0.633. The number of nitrogens with zero attached hydrogens (tertiary/aromatic N) is 2. The highest BCUT2D eigenvalue weighted by molar-refractivity contribution is 6.30. The first kappa shape index (κ1) is 19.5. The Morgan fingerprint density at radius 3 is 2.78 bits per heavy atom. The lowest BCUT2D eigenvalue weighted by Gasteiger charge is -2.37. The number of pyridine rings is 1. The number of fused-ring (bicyclic) bond motifs is 1. The molecule has 1 saturated heterocycles. The molecule has 0 radical (unpaired) electrons. The number of β-amino-alcohol motifs (C(OH)–C–C–N with tert-alkyl or cyclic N) is 1. The lowest BCUT2D eigenvalue weighted by Crippen LogP contribution is -2.53. The van der Waals surface area contributed by atoms with Crippen molar-refractivity contribution < 1.29 is 19.7 Å². The third-order valence-electron chi connectivity index (χ3n) is 4.21. The first-order valence-electron chi connectivity index (χ1n) is 8.82. The molecule has 0 spiro atoms. The van der Waals surface area contributed by atoms with Crippen LogP contribution in [0.25, 0.3) is 10.8 Å². The van der Waals surface area contributed by atoms with E-state index in [1.165, 1.54) is 0 Å². The van der Waals surface area contributed by atoms with Crippen LogP contribution >= 0.6 is 11.6 Å². The number of carbonyl (C=O) groups is 1. The Morgan fingerprint density at radius 2 is 2.07 bits per heavy atom. The SMILES string of the molecule is CC(C)(C)OC(=O)N[C@H]1C[C@@H](O)CN(c2nc(Cl)cc3cc(O)ccc23)C1. The van der Waals surface area contributed by atoms with Gasteiger partial charge in [0, 0.05) is 18.5 Å². The number of hydrogen-bond acceptors (Lipinski definition) is 6. The summed E-state index contributed by atoms with van der Waals surface area (Å²) in [6.45, 7) is 6.22. The van der Waals surface area contributed by atoms with Gasteiger partial charge in [0.1, 0.15) is 22.3 Å². The number of alkyl carbamates (subject to hydrolysis) is 1. The van der Waals surface area contributed by atoms with Crippen LogP contribution in [0.15, 0.2) is 24.3 Å². The van der Waals surface area contributed by atoms with Gasteiger partial charge < -0.3 is 25.2 Å². The molecule has 7 nitrogen and oxygen atoms in total. The van der Waals surface area contributed by atoms with Crippen LogP contribution in [0.3, 0.4) is 0 Å². The van der Waals surface area contributed by atoms with Crippen LogP contribution in [0.4, 0.5) is 10.6 Å². The topological polar surface area (TPSA) is 94.9 Å². The molecule has 146 valence electrons. The molecule has 27 heavy (non-hydrogen) atoms. The number of amides is 1. The van der Waals surface area contributed by atoms with Gasteiger partial charge in [0.15, 0.2) is 0 Å². The van der Waals surface area contributed by atoms with Crippen molar-refractivity contribution in [1.29, 1.82) is 0 Å². The van der Waals surface area contributed by atoms with Gasteiger partial charge in [0.25, 0.3) is 0 Å². The van der Waals surface area contributed by atoms with Crippen molar-refractivity contribution in [3.63, 3.8) is 0 Å². The molecule has 2 heterocycles. The van der Waals surface area contributed by atoms with Crippen LogP contribution in [0.5, 0.6) is 5.75 Å². The molecule has 1 amide bonds. The molecule has 3 rings (SSSR count). The monoisotopic (exact) mass is 393 g/mol. The number of benzene rings is 1. The summed E-state index contributed by atoms with van der Waals surface area (Å²) >= 11 is 6.15. The average Bonchev–Trinajstić information content (AvgIpc) is 2.51. The summed E-state index contributed by atoms with van der Waals surface area (Å²) in [6.07, 6.45) is -0.725. The normalized spacial score (nSPS) is 20.6. The lowest BCUT2D eigenvalue weighted by atomic mass is 10.0. The van der Waals surface area contributed by atoms with E-state index >= 15 is 0 Å². The predicted octanol–water partition coefficient (Wildman–Crippen LogP) is 3.06. The van der Waals surface area contributed by atoms with Gasteiger partial charge in [-0.25, -0.2) is 9.78 Å². The maximum absolute atomic E-state index is 12.1. The number of aliphatic hydroxyl groups excluding tert-OH is 1. The van der Waals surface area contributed by atoms with Crippen molar-refractivity contribution >= 4 is 34.3 Å². The molecule has 0 bridgehead atoms. The summed E-state index contributed by atoms with van der Waals surface area (Å²) in [6, 6.07) is 6.34. The Hall–Kier alpha value is -2.25. The summed E-state index contributed by atoms with van der Waals surface area (Å²) < 4.78 is 5.30. The van der Waals surface area contributed by atoms with E-state index in [-0.39, 0.29) is 11.8 Å². The summed E-state index contributed by atoms with van der Waals surface area (Å²) in [7, 11) is 0. The van der Waals surface area contributed by atoms with E-state index in [0.29, 0.717) is 30.5 Å². The van der Waals surface area contributed by atoms with Crippen LogP contribution in [0, 0.1) is 0 Å². The van der Waals surface area contributed by atoms with Crippen LogP contribution in [0.1, 0.15) is 27.2 Å². The minimum Gasteiger partial charge on any atom is -0.508 e. The number of rotatable bonds is 2. The third-order valence-corrected chi connectivity index (χ3v) is 4.41. The number of halogens is 1. The highest BCUT2D eigenvalue weighted by Gasteiger charge is 2.30. The average molecular weight is 394 g/mol. The van der Waals surface area contributed by atoms with Gasteiger partial charge in [0.05, 0.1) is 12.1 Å². The van der Waals surface area contributed by atoms with Gasteiger partial charge in [-0.1, -0.05) is 11.6 Å². The van der Waals surface area contributed by atoms with Gasteiger partial charge in [0.2, 0.25) is 0 Å². The van der Waals surface area contributed by atoms with Gasteiger partial charge in [-0.15, -0.1) is 0 Å². The zero-order valence-corrected chi connectivity index (χ0v) is 16.3. The number of nitrogens with one attached hydrogen (secondary N) is 1. The van der Waals surface area contributed by atoms with Crippen molar-refractivity contribution in [2.75, 3.05) is 18.0 Å². The Bertz CT molecular complexity index is 847. The maximum atomic E-state index is 12.1. The van der Waals surface area contributed by atoms with Gasteiger partial charge >= 0.3 is 6.09 Å². The lowest BCUT2D eigenvalue weighted by molar-refractivity contribution is 0.0473. The van der Waals surface area contributed by atoms with Crippen molar-refractivity contribution in [3.05, 3.63) is 29.4 Å². The Kier molecular flexibility index (Phi) is 5.35. The van der Waals surface area contributed by atoms with Crippen molar-refractivity contribution in [2.24, 2.45) is 0 Å². The van der Waals surface area contributed by atoms with Gasteiger partial charge in [-0.2, -0.15) is 0 Å². The number of aromatic nitrogens is 1. The second kappa shape index (κ2) is 7.40. The van der Waals surface area contributed by atoms with E-state index in [1.54, 1.807) is 45.0 Å². The van der Waals surface area contributed by atoms with Gasteiger partial charge in [-0.3, -0.25) is 0 Å². The summed E-state index contributed by atoms with van der Waals surface area (Å²) in [4.78, 5) is 18.4. The molecular formula is C19H24ClN3O4. The van der Waals surface area contributed by atoms with E-state index in [9.17, 15) is 15.0 Å². The fraction of sp³-hybridized carbons (Fsp3) is 0.474. The molecule has 0 aliphatic carbocycles. The molecule has 1 aliphatic rings. The number of ether oxygens (including phenoxy) is 1. The highest BCUT2D eigenvalue weighted by Crippen LogP contribution is 2.31. The number of hydrogen-bond donors (Lipinski definition) is 3. The summed E-state index contributed by atoms with van der Waals surface area (Å²) in [5.74, 6) is 0.742. The molecule has 8 heteroatoms. The van der Waals surface area contributed by atoms with E-state index in [1.807, 2.05) is 4.90 Å². The van der Waals surface area contributed by atoms with Crippen molar-refractivity contribution in [3.8, 4) is 5.75 Å². The number of phenolic OH excluding ortho intramolecular Hbond substituents is 1. The summed E-state index contributed by atoms with van der Waals surface area (Å²) in [5.41, 5.74) is -0.593. The van der Waals surface area contributed by atoms with Crippen molar-refractivity contribution in [2.45, 2.75) is 44.9 Å². The number of phenols is 1. The third kappa shape index (κ3) is 4.93. The molecule has 3 N–H and O–H groups in total. The van der Waals surface area contributed by atoms with E-state index in [2.05, 4.69) is 10.3 Å². The second-order valence-corrected chi connectivity index (χ2v) is 8.20.